The van der Waals surface area contributed by atoms with Crippen molar-refractivity contribution in [1.82, 2.24) is 20.1 Å². The van der Waals surface area contributed by atoms with Crippen LogP contribution < -0.4 is 5.32 Å². The SMILES string of the molecule is CCn1c(SCc2ccc(Cl)cc2Cl)nnc1[C@@H](C)NC(=O)c1ccccc1. The lowest BCUT2D eigenvalue weighted by Gasteiger charge is -2.15. The van der Waals surface area contributed by atoms with Gasteiger partial charge >= 0.3 is 0 Å². The quantitative estimate of drug-likeness (QED) is 0.506. The highest BCUT2D eigenvalue weighted by molar-refractivity contribution is 7.98. The predicted octanol–water partition coefficient (Wildman–Crippen LogP) is 5.39. The van der Waals surface area contributed by atoms with E-state index in [0.717, 1.165) is 16.5 Å². The number of benzene rings is 2. The minimum absolute atomic E-state index is 0.138. The van der Waals surface area contributed by atoms with Gasteiger partial charge in [0, 0.05) is 27.9 Å². The summed E-state index contributed by atoms with van der Waals surface area (Å²) in [7, 11) is 0. The molecular weight excluding hydrogens is 415 g/mol. The molecule has 1 atom stereocenters. The van der Waals surface area contributed by atoms with Gasteiger partial charge in [-0.15, -0.1) is 10.2 Å². The first-order chi connectivity index (χ1) is 13.5. The molecule has 0 unspecified atom stereocenters. The van der Waals surface area contributed by atoms with Gasteiger partial charge in [-0.3, -0.25) is 4.79 Å². The number of nitrogens with zero attached hydrogens (tertiary/aromatic N) is 3. The molecule has 2 aromatic carbocycles. The topological polar surface area (TPSA) is 59.8 Å². The largest absolute Gasteiger partial charge is 0.342 e. The van der Waals surface area contributed by atoms with Gasteiger partial charge < -0.3 is 9.88 Å². The number of amides is 1. The van der Waals surface area contributed by atoms with Gasteiger partial charge in [0.25, 0.3) is 5.91 Å². The number of hydrogen-bond acceptors (Lipinski definition) is 4. The normalized spacial score (nSPS) is 12.0. The van der Waals surface area contributed by atoms with E-state index in [2.05, 4.69) is 15.5 Å². The third-order valence-corrected chi connectivity index (χ3v) is 5.81. The van der Waals surface area contributed by atoms with Crippen LogP contribution in [0.5, 0.6) is 0 Å². The maximum atomic E-state index is 12.4. The van der Waals surface area contributed by atoms with E-state index < -0.39 is 0 Å². The van der Waals surface area contributed by atoms with Gasteiger partial charge in [-0.2, -0.15) is 0 Å². The first kappa shape index (κ1) is 20.7. The zero-order valence-corrected chi connectivity index (χ0v) is 17.9. The number of hydrogen-bond donors (Lipinski definition) is 1. The van der Waals surface area contributed by atoms with E-state index in [4.69, 9.17) is 23.2 Å². The molecular formula is C20H20Cl2N4OS. The highest BCUT2D eigenvalue weighted by atomic mass is 35.5. The molecule has 1 amide bonds. The number of carbonyl (C=O) groups is 1. The van der Waals surface area contributed by atoms with Gasteiger partial charge in [0.15, 0.2) is 11.0 Å². The van der Waals surface area contributed by atoms with Crippen LogP contribution in [0.25, 0.3) is 0 Å². The summed E-state index contributed by atoms with van der Waals surface area (Å²) in [5, 5.41) is 13.6. The van der Waals surface area contributed by atoms with Crippen LogP contribution in [-0.2, 0) is 12.3 Å². The van der Waals surface area contributed by atoms with Crippen molar-refractivity contribution >= 4 is 40.9 Å². The summed E-state index contributed by atoms with van der Waals surface area (Å²) in [5.41, 5.74) is 1.59. The lowest BCUT2D eigenvalue weighted by atomic mass is 10.2. The molecule has 0 aliphatic heterocycles. The second-order valence-corrected chi connectivity index (χ2v) is 7.96. The monoisotopic (exact) mass is 434 g/mol. The minimum atomic E-state index is -0.270. The first-order valence-corrected chi connectivity index (χ1v) is 10.6. The maximum Gasteiger partial charge on any atom is 0.251 e. The van der Waals surface area contributed by atoms with Crippen molar-refractivity contribution in [2.45, 2.75) is 37.3 Å². The standard InChI is InChI=1S/C20H20Cl2N4OS/c1-3-26-18(13(2)23-19(27)14-7-5-4-6-8-14)24-25-20(26)28-12-15-9-10-16(21)11-17(15)22/h4-11,13H,3,12H2,1-2H3,(H,23,27)/t13-/m1/s1. The van der Waals surface area contributed by atoms with Crippen molar-refractivity contribution in [1.29, 1.82) is 0 Å². The first-order valence-electron chi connectivity index (χ1n) is 8.85. The summed E-state index contributed by atoms with van der Waals surface area (Å²) < 4.78 is 2.00. The van der Waals surface area contributed by atoms with Crippen molar-refractivity contribution in [3.63, 3.8) is 0 Å². The van der Waals surface area contributed by atoms with E-state index in [1.165, 1.54) is 0 Å². The number of halogens is 2. The van der Waals surface area contributed by atoms with Gasteiger partial charge in [-0.1, -0.05) is 59.2 Å². The summed E-state index contributed by atoms with van der Waals surface area (Å²) in [6.07, 6.45) is 0. The second-order valence-electron chi connectivity index (χ2n) is 6.17. The fourth-order valence-corrected chi connectivity index (χ4v) is 4.31. The molecule has 0 bridgehead atoms. The van der Waals surface area contributed by atoms with Crippen molar-refractivity contribution in [3.8, 4) is 0 Å². The molecule has 5 nitrogen and oxygen atoms in total. The van der Waals surface area contributed by atoms with Crippen molar-refractivity contribution in [2.75, 3.05) is 0 Å². The van der Waals surface area contributed by atoms with Crippen LogP contribution in [0.15, 0.2) is 53.7 Å². The Balaban J connectivity index is 1.71. The Morgan fingerprint density at radius 3 is 2.61 bits per heavy atom. The van der Waals surface area contributed by atoms with E-state index in [9.17, 15) is 4.79 Å². The fraction of sp³-hybridized carbons (Fsp3) is 0.250. The Morgan fingerprint density at radius 1 is 1.18 bits per heavy atom. The third-order valence-electron chi connectivity index (χ3n) is 4.20. The number of rotatable bonds is 7. The predicted molar refractivity (Wildman–Crippen MR) is 114 cm³/mol. The van der Waals surface area contributed by atoms with Crippen molar-refractivity contribution < 1.29 is 4.79 Å². The Labute approximate surface area is 178 Å². The lowest BCUT2D eigenvalue weighted by Crippen LogP contribution is -2.28. The van der Waals surface area contributed by atoms with Crippen molar-refractivity contribution in [2.24, 2.45) is 0 Å². The Hall–Kier alpha value is -2.02. The molecule has 0 saturated carbocycles. The third kappa shape index (κ3) is 4.87. The molecule has 146 valence electrons. The van der Waals surface area contributed by atoms with Crippen molar-refractivity contribution in [3.05, 3.63) is 75.5 Å². The average Bonchev–Trinajstić information content (AvgIpc) is 3.11. The number of nitrogens with one attached hydrogen (secondary N) is 1. The fourth-order valence-electron chi connectivity index (χ4n) is 2.74. The van der Waals surface area contributed by atoms with Gasteiger partial charge in [0.2, 0.25) is 0 Å². The van der Waals surface area contributed by atoms with Crippen LogP contribution in [0, 0.1) is 0 Å². The molecule has 1 heterocycles. The van der Waals surface area contributed by atoms with Gasteiger partial charge in [0.1, 0.15) is 0 Å². The summed E-state index contributed by atoms with van der Waals surface area (Å²) >= 11 is 13.8. The Bertz CT molecular complexity index is 962. The van der Waals surface area contributed by atoms with Crippen LogP contribution >= 0.6 is 35.0 Å². The average molecular weight is 435 g/mol. The van der Waals surface area contributed by atoms with Crippen LogP contribution in [0.2, 0.25) is 10.0 Å². The summed E-state index contributed by atoms with van der Waals surface area (Å²) in [6.45, 7) is 4.63. The highest BCUT2D eigenvalue weighted by Crippen LogP contribution is 2.29. The molecule has 0 radical (unpaired) electrons. The van der Waals surface area contributed by atoms with E-state index in [0.29, 0.717) is 27.9 Å². The van der Waals surface area contributed by atoms with E-state index in [-0.39, 0.29) is 11.9 Å². The summed E-state index contributed by atoms with van der Waals surface area (Å²) in [6, 6.07) is 14.3. The molecule has 0 aliphatic carbocycles. The zero-order chi connectivity index (χ0) is 20.1. The van der Waals surface area contributed by atoms with Crippen LogP contribution in [0.4, 0.5) is 0 Å². The van der Waals surface area contributed by atoms with E-state index >= 15 is 0 Å². The van der Waals surface area contributed by atoms with Gasteiger partial charge in [0.05, 0.1) is 6.04 Å². The van der Waals surface area contributed by atoms with Crippen LogP contribution in [-0.4, -0.2) is 20.7 Å². The zero-order valence-electron chi connectivity index (χ0n) is 15.5. The summed E-state index contributed by atoms with van der Waals surface area (Å²) in [5.74, 6) is 1.23. The molecule has 0 aliphatic rings. The smallest absolute Gasteiger partial charge is 0.251 e. The van der Waals surface area contributed by atoms with Gasteiger partial charge in [-0.25, -0.2) is 0 Å². The van der Waals surface area contributed by atoms with Crippen LogP contribution in [0.1, 0.15) is 41.6 Å². The summed E-state index contributed by atoms with van der Waals surface area (Å²) in [4.78, 5) is 12.4. The van der Waals surface area contributed by atoms with Crippen LogP contribution in [0.3, 0.4) is 0 Å². The molecule has 8 heteroatoms. The molecule has 3 aromatic rings. The maximum absolute atomic E-state index is 12.4. The molecule has 0 spiro atoms. The molecule has 28 heavy (non-hydrogen) atoms. The Morgan fingerprint density at radius 2 is 1.93 bits per heavy atom. The number of thioether (sulfide) groups is 1. The molecule has 0 saturated heterocycles. The molecule has 1 N–H and O–H groups in total. The Kier molecular flexibility index (Phi) is 6.99. The molecule has 0 fully saturated rings. The molecule has 1 aromatic heterocycles. The van der Waals surface area contributed by atoms with E-state index in [1.54, 1.807) is 30.0 Å². The number of aromatic nitrogens is 3. The highest BCUT2D eigenvalue weighted by Gasteiger charge is 2.19. The lowest BCUT2D eigenvalue weighted by molar-refractivity contribution is 0.0937. The number of carbonyl (C=O) groups excluding carboxylic acids is 1. The van der Waals surface area contributed by atoms with Gasteiger partial charge in [-0.05, 0) is 43.7 Å². The molecule has 3 rings (SSSR count). The minimum Gasteiger partial charge on any atom is -0.342 e. The van der Waals surface area contributed by atoms with E-state index in [1.807, 2.05) is 48.7 Å². The second kappa shape index (κ2) is 9.45.